The number of benzene rings is 1. The molecule has 194 valence electrons. The zero-order valence-electron chi connectivity index (χ0n) is 19.1. The molecule has 5 rings (SSSR count). The lowest BCUT2D eigenvalue weighted by Gasteiger charge is -2.30. The van der Waals surface area contributed by atoms with E-state index in [1.165, 1.54) is 24.9 Å². The van der Waals surface area contributed by atoms with E-state index in [4.69, 9.17) is 11.5 Å². The minimum absolute atomic E-state index is 0.0135. The van der Waals surface area contributed by atoms with Crippen LogP contribution in [0.1, 0.15) is 12.0 Å². The van der Waals surface area contributed by atoms with E-state index < -0.39 is 35.5 Å². The highest BCUT2D eigenvalue weighted by Crippen LogP contribution is 2.34. The lowest BCUT2D eigenvalue weighted by molar-refractivity contribution is -0.0438. The lowest BCUT2D eigenvalue weighted by atomic mass is 9.93. The van der Waals surface area contributed by atoms with Crippen LogP contribution in [0.4, 0.5) is 33.5 Å². The summed E-state index contributed by atoms with van der Waals surface area (Å²) >= 11 is 0. The molecule has 1 aliphatic rings. The van der Waals surface area contributed by atoms with Gasteiger partial charge in [-0.3, -0.25) is 4.98 Å². The predicted molar refractivity (Wildman–Crippen MR) is 124 cm³/mol. The second kappa shape index (κ2) is 9.19. The third-order valence-electron chi connectivity index (χ3n) is 6.52. The monoisotopic (exact) mass is 520 g/mol. The number of nitrogen functional groups attached to an aromatic ring is 1. The van der Waals surface area contributed by atoms with Crippen molar-refractivity contribution in [2.24, 2.45) is 5.73 Å². The van der Waals surface area contributed by atoms with Crippen LogP contribution in [0.2, 0.25) is 0 Å². The summed E-state index contributed by atoms with van der Waals surface area (Å²) in [5, 5.41) is 9.98. The first-order chi connectivity index (χ1) is 17.6. The average Bonchev–Trinajstić information content (AvgIpc) is 3.46. The van der Waals surface area contributed by atoms with E-state index in [1.807, 2.05) is 0 Å². The second-order valence-corrected chi connectivity index (χ2v) is 8.93. The van der Waals surface area contributed by atoms with Gasteiger partial charge in [0.15, 0.2) is 23.1 Å². The van der Waals surface area contributed by atoms with E-state index >= 15 is 0 Å². The smallest absolute Gasteiger partial charge is 0.265 e. The number of nitrogens with two attached hydrogens (primary N) is 2. The van der Waals surface area contributed by atoms with Crippen molar-refractivity contribution in [1.82, 2.24) is 24.5 Å². The number of hydrogen-bond donors (Lipinski definition) is 3. The number of fused-ring (bicyclic) bond motifs is 1. The Hall–Kier alpha value is -3.91. The number of hydrogen-bond acceptors (Lipinski definition) is 8. The first-order valence-electron chi connectivity index (χ1n) is 11.1. The summed E-state index contributed by atoms with van der Waals surface area (Å²) < 4.78 is 70.0. The van der Waals surface area contributed by atoms with E-state index in [9.17, 15) is 27.1 Å². The van der Waals surface area contributed by atoms with Gasteiger partial charge in [-0.1, -0.05) is 0 Å². The van der Waals surface area contributed by atoms with E-state index in [0.29, 0.717) is 34.5 Å². The van der Waals surface area contributed by atoms with Gasteiger partial charge in [0, 0.05) is 24.7 Å². The van der Waals surface area contributed by atoms with E-state index in [-0.39, 0.29) is 43.1 Å². The van der Waals surface area contributed by atoms with Crippen molar-refractivity contribution in [3.63, 3.8) is 0 Å². The number of nitrogens with zero attached hydrogens (tertiary/aromatic N) is 6. The van der Waals surface area contributed by atoms with Gasteiger partial charge < -0.3 is 26.0 Å². The van der Waals surface area contributed by atoms with Crippen LogP contribution in [0.5, 0.6) is 0 Å². The molecular formula is C23H21F5N8O. The van der Waals surface area contributed by atoms with Crippen LogP contribution in [-0.4, -0.2) is 60.8 Å². The summed E-state index contributed by atoms with van der Waals surface area (Å²) in [6.45, 7) is 0.216. The van der Waals surface area contributed by atoms with Crippen LogP contribution >= 0.6 is 0 Å². The number of aliphatic hydroxyl groups is 1. The van der Waals surface area contributed by atoms with E-state index in [0.717, 1.165) is 0 Å². The van der Waals surface area contributed by atoms with Crippen LogP contribution in [0.25, 0.3) is 22.4 Å². The molecule has 2 atom stereocenters. The third-order valence-corrected chi connectivity index (χ3v) is 6.52. The highest BCUT2D eigenvalue weighted by atomic mass is 19.3. The standard InChI is InChI=1S/C23H21F5N8O/c24-13-5-15(26)14(25)4-12(13)16-3-11(7-36-10-34-18-21(29)32-9-33-22(18)36)17(6-31-16)35-2-1-23(30,8-35)19(37)20(27)28/h3-6,9-10,19-20,37H,1-2,7-8,30H2,(H2,29,32,33)/t19-,23-/m1/s1. The summed E-state index contributed by atoms with van der Waals surface area (Å²) in [6.07, 6.45) is -0.884. The van der Waals surface area contributed by atoms with Gasteiger partial charge in [-0.15, -0.1) is 0 Å². The van der Waals surface area contributed by atoms with Crippen LogP contribution in [-0.2, 0) is 6.54 Å². The SMILES string of the molecule is Nc1ncnc2c1ncn2Cc1cc(-c2cc(F)c(F)cc2F)ncc1N1CC[C@](N)([C@H](O)C(F)F)C1. The molecule has 9 nitrogen and oxygen atoms in total. The van der Waals surface area contributed by atoms with Gasteiger partial charge >= 0.3 is 0 Å². The molecule has 3 aromatic heterocycles. The summed E-state index contributed by atoms with van der Waals surface area (Å²) in [6, 6.07) is 2.61. The van der Waals surface area contributed by atoms with Crippen molar-refractivity contribution in [1.29, 1.82) is 0 Å². The Morgan fingerprint density at radius 2 is 1.78 bits per heavy atom. The number of aliphatic hydroxyl groups excluding tert-OH is 1. The molecule has 4 aromatic rings. The maximum atomic E-state index is 14.5. The maximum absolute atomic E-state index is 14.5. The molecule has 1 aromatic carbocycles. The van der Waals surface area contributed by atoms with Crippen LogP contribution in [0.3, 0.4) is 0 Å². The Labute approximate surface area is 206 Å². The zero-order chi connectivity index (χ0) is 26.5. The maximum Gasteiger partial charge on any atom is 0.265 e. The minimum atomic E-state index is -3.02. The molecule has 0 saturated carbocycles. The van der Waals surface area contributed by atoms with Gasteiger partial charge in [0.1, 0.15) is 23.8 Å². The molecule has 4 heterocycles. The van der Waals surface area contributed by atoms with Gasteiger partial charge in [0.05, 0.1) is 36.0 Å². The zero-order valence-corrected chi connectivity index (χ0v) is 19.1. The Balaban J connectivity index is 1.59. The fourth-order valence-electron chi connectivity index (χ4n) is 4.52. The Kier molecular flexibility index (Phi) is 6.15. The van der Waals surface area contributed by atoms with Crippen molar-refractivity contribution in [3.8, 4) is 11.3 Å². The highest BCUT2D eigenvalue weighted by molar-refractivity contribution is 5.81. The summed E-state index contributed by atoms with van der Waals surface area (Å²) in [4.78, 5) is 18.2. The number of pyridine rings is 1. The van der Waals surface area contributed by atoms with E-state index in [1.54, 1.807) is 9.47 Å². The van der Waals surface area contributed by atoms with Crippen LogP contribution in [0.15, 0.2) is 37.1 Å². The molecule has 0 unspecified atom stereocenters. The molecule has 0 amide bonds. The number of rotatable bonds is 6. The number of imidazole rings is 1. The fraction of sp³-hybridized carbons (Fsp3) is 0.304. The van der Waals surface area contributed by atoms with Crippen LogP contribution in [0, 0.1) is 17.5 Å². The first kappa shape index (κ1) is 24.8. The number of alkyl halides is 2. The lowest BCUT2D eigenvalue weighted by Crippen LogP contribution is -2.55. The average molecular weight is 520 g/mol. The molecule has 1 fully saturated rings. The Bertz CT molecular complexity index is 1480. The van der Waals surface area contributed by atoms with E-state index in [2.05, 4.69) is 19.9 Å². The minimum Gasteiger partial charge on any atom is -0.385 e. The van der Waals surface area contributed by atoms with Crippen molar-refractivity contribution < 1.29 is 27.1 Å². The fourth-order valence-corrected chi connectivity index (χ4v) is 4.52. The predicted octanol–water partition coefficient (Wildman–Crippen LogP) is 2.47. The number of halogens is 5. The van der Waals surface area contributed by atoms with Crippen molar-refractivity contribution >= 4 is 22.7 Å². The largest absolute Gasteiger partial charge is 0.385 e. The first-order valence-corrected chi connectivity index (χ1v) is 11.1. The topological polar surface area (TPSA) is 132 Å². The molecule has 1 aliphatic heterocycles. The molecule has 37 heavy (non-hydrogen) atoms. The van der Waals surface area contributed by atoms with Crippen molar-refractivity contribution in [3.05, 3.63) is 60.1 Å². The van der Waals surface area contributed by atoms with Crippen LogP contribution < -0.4 is 16.4 Å². The van der Waals surface area contributed by atoms with Gasteiger partial charge in [-0.2, -0.15) is 0 Å². The number of anilines is 2. The van der Waals surface area contributed by atoms with Gasteiger partial charge in [-0.05, 0) is 24.1 Å². The molecule has 0 aliphatic carbocycles. The number of aromatic nitrogens is 5. The van der Waals surface area contributed by atoms with Crippen molar-refractivity contribution in [2.75, 3.05) is 23.7 Å². The molecule has 1 saturated heterocycles. The molecule has 0 spiro atoms. The summed E-state index contributed by atoms with van der Waals surface area (Å²) in [5.74, 6) is -3.43. The Morgan fingerprint density at radius 3 is 2.54 bits per heavy atom. The molecule has 0 bridgehead atoms. The van der Waals surface area contributed by atoms with Gasteiger partial charge in [0.25, 0.3) is 6.43 Å². The second-order valence-electron chi connectivity index (χ2n) is 8.93. The molecule has 14 heteroatoms. The third kappa shape index (κ3) is 4.42. The van der Waals surface area contributed by atoms with Gasteiger partial charge in [0.2, 0.25) is 0 Å². The quantitative estimate of drug-likeness (QED) is 0.261. The normalized spacial score (nSPS) is 18.8. The molecular weight excluding hydrogens is 499 g/mol. The summed E-state index contributed by atoms with van der Waals surface area (Å²) in [5.41, 5.74) is 11.9. The van der Waals surface area contributed by atoms with Crippen molar-refractivity contribution in [2.45, 2.75) is 31.0 Å². The molecule has 0 radical (unpaired) electrons. The Morgan fingerprint density at radius 1 is 1.03 bits per heavy atom. The molecule has 5 N–H and O–H groups in total. The van der Waals surface area contributed by atoms with Gasteiger partial charge in [-0.25, -0.2) is 36.9 Å². The highest BCUT2D eigenvalue weighted by Gasteiger charge is 2.45. The summed E-state index contributed by atoms with van der Waals surface area (Å²) in [7, 11) is 0.